The Kier molecular flexibility index (Phi) is 5.95. The second-order valence-electron chi connectivity index (χ2n) is 6.52. The van der Waals surface area contributed by atoms with Gasteiger partial charge < -0.3 is 10.1 Å². The topological polar surface area (TPSA) is 69.0 Å². The van der Waals surface area contributed by atoms with Gasteiger partial charge in [0.15, 0.2) is 5.82 Å². The van der Waals surface area contributed by atoms with E-state index in [9.17, 15) is 9.18 Å². The molecule has 0 atom stereocenters. The molecule has 0 unspecified atom stereocenters. The molecule has 0 radical (unpaired) electrons. The number of nitrogens with zero attached hydrogens (tertiary/aromatic N) is 3. The predicted molar refractivity (Wildman–Crippen MR) is 117 cm³/mol. The van der Waals surface area contributed by atoms with Gasteiger partial charge in [-0.1, -0.05) is 35.9 Å². The molecule has 0 fully saturated rings. The number of halogens is 2. The summed E-state index contributed by atoms with van der Waals surface area (Å²) in [5.41, 5.74) is 1.89. The number of hydrogen-bond donors (Lipinski definition) is 1. The van der Waals surface area contributed by atoms with Gasteiger partial charge in [-0.3, -0.25) is 4.79 Å². The fraction of sp³-hybridized carbons (Fsp3) is 0.0870. The number of ether oxygens (including phenoxy) is 1. The van der Waals surface area contributed by atoms with Gasteiger partial charge in [-0.05, 0) is 55.5 Å². The highest BCUT2D eigenvalue weighted by Crippen LogP contribution is 2.26. The lowest BCUT2D eigenvalue weighted by Crippen LogP contribution is -2.12. The smallest absolute Gasteiger partial charge is 0.336 e. The van der Waals surface area contributed by atoms with Gasteiger partial charge in [-0.25, -0.2) is 9.07 Å². The molecule has 0 bridgehead atoms. The number of hydrogen-bond acceptors (Lipinski definition) is 4. The van der Waals surface area contributed by atoms with E-state index in [0.29, 0.717) is 40.0 Å². The maximum Gasteiger partial charge on any atom is 0.336 e. The highest BCUT2D eigenvalue weighted by atomic mass is 35.5. The first-order valence-electron chi connectivity index (χ1n) is 9.58. The van der Waals surface area contributed by atoms with Gasteiger partial charge in [0.25, 0.3) is 5.91 Å². The molecule has 156 valence electrons. The summed E-state index contributed by atoms with van der Waals surface area (Å²) in [4.78, 5) is 16.8. The molecule has 0 aliphatic heterocycles. The van der Waals surface area contributed by atoms with Crippen LogP contribution in [0, 0.1) is 5.82 Å². The average molecular weight is 437 g/mol. The molecule has 1 amide bonds. The number of nitrogens with one attached hydrogen (secondary N) is 1. The Morgan fingerprint density at radius 1 is 1.06 bits per heavy atom. The molecule has 0 saturated heterocycles. The largest absolute Gasteiger partial charge is 0.463 e. The normalized spacial score (nSPS) is 10.7. The maximum absolute atomic E-state index is 14.4. The number of carbonyl (C=O) groups excluding carboxylic acids is 1. The van der Waals surface area contributed by atoms with Gasteiger partial charge in [-0.15, -0.1) is 5.10 Å². The standard InChI is InChI=1S/C23H18ClFN4O2/c1-2-31-23-27-21(18-8-4-6-10-20(18)25)29(28-23)16-13-11-15(12-14-16)26-22(30)17-7-3-5-9-19(17)24/h3-14H,2H2,1H3,(H,26,30). The zero-order valence-corrected chi connectivity index (χ0v) is 17.3. The second kappa shape index (κ2) is 8.97. The number of rotatable bonds is 6. The third-order valence-electron chi connectivity index (χ3n) is 4.46. The number of amides is 1. The Bertz CT molecular complexity index is 1220. The molecule has 1 heterocycles. The lowest BCUT2D eigenvalue weighted by Gasteiger charge is -2.09. The second-order valence-corrected chi connectivity index (χ2v) is 6.93. The Morgan fingerprint density at radius 3 is 2.48 bits per heavy atom. The lowest BCUT2D eigenvalue weighted by atomic mass is 10.2. The van der Waals surface area contributed by atoms with Crippen molar-refractivity contribution >= 4 is 23.2 Å². The molecule has 4 rings (SSSR count). The van der Waals surface area contributed by atoms with E-state index in [1.807, 2.05) is 6.92 Å². The summed E-state index contributed by atoms with van der Waals surface area (Å²) in [6, 6.07) is 20.2. The van der Waals surface area contributed by atoms with E-state index in [2.05, 4.69) is 15.4 Å². The van der Waals surface area contributed by atoms with Gasteiger partial charge in [0.1, 0.15) is 5.82 Å². The van der Waals surface area contributed by atoms with Crippen LogP contribution in [0.1, 0.15) is 17.3 Å². The van der Waals surface area contributed by atoms with E-state index in [1.54, 1.807) is 66.7 Å². The molecule has 4 aromatic rings. The molecule has 1 N–H and O–H groups in total. The lowest BCUT2D eigenvalue weighted by molar-refractivity contribution is 0.102. The first kappa shape index (κ1) is 20.6. The minimum absolute atomic E-state index is 0.150. The third-order valence-corrected chi connectivity index (χ3v) is 4.79. The molecule has 0 aliphatic carbocycles. The minimum Gasteiger partial charge on any atom is -0.463 e. The van der Waals surface area contributed by atoms with Crippen LogP contribution in [-0.4, -0.2) is 27.3 Å². The van der Waals surface area contributed by atoms with E-state index in [0.717, 1.165) is 0 Å². The van der Waals surface area contributed by atoms with Crippen molar-refractivity contribution in [2.24, 2.45) is 0 Å². The van der Waals surface area contributed by atoms with Crippen molar-refractivity contribution in [2.75, 3.05) is 11.9 Å². The predicted octanol–water partition coefficient (Wildman–Crippen LogP) is 5.38. The molecular formula is C23H18ClFN4O2. The van der Waals surface area contributed by atoms with Crippen LogP contribution in [0.2, 0.25) is 5.02 Å². The zero-order chi connectivity index (χ0) is 21.8. The Balaban J connectivity index is 1.64. The first-order valence-corrected chi connectivity index (χ1v) is 9.95. The van der Waals surface area contributed by atoms with Gasteiger partial charge in [0.2, 0.25) is 0 Å². The van der Waals surface area contributed by atoms with E-state index in [4.69, 9.17) is 16.3 Å². The SMILES string of the molecule is CCOc1nc(-c2ccccc2F)n(-c2ccc(NC(=O)c3ccccc3Cl)cc2)n1. The fourth-order valence-electron chi connectivity index (χ4n) is 3.01. The van der Waals surface area contributed by atoms with Gasteiger partial charge in [0.05, 0.1) is 28.4 Å². The van der Waals surface area contributed by atoms with Crippen LogP contribution in [0.4, 0.5) is 10.1 Å². The van der Waals surface area contributed by atoms with E-state index < -0.39 is 5.82 Å². The van der Waals surface area contributed by atoms with Crippen molar-refractivity contribution in [2.45, 2.75) is 6.92 Å². The van der Waals surface area contributed by atoms with Crippen LogP contribution in [0.3, 0.4) is 0 Å². The number of benzene rings is 3. The summed E-state index contributed by atoms with van der Waals surface area (Å²) in [7, 11) is 0. The molecule has 0 saturated carbocycles. The summed E-state index contributed by atoms with van der Waals surface area (Å²) in [6.07, 6.45) is 0. The van der Waals surface area contributed by atoms with Crippen LogP contribution >= 0.6 is 11.6 Å². The van der Waals surface area contributed by atoms with Crippen molar-refractivity contribution in [3.05, 3.63) is 89.2 Å². The Labute approximate surface area is 183 Å². The summed E-state index contributed by atoms with van der Waals surface area (Å²) in [6.45, 7) is 2.20. The van der Waals surface area contributed by atoms with E-state index in [-0.39, 0.29) is 11.9 Å². The van der Waals surface area contributed by atoms with Crippen LogP contribution in [0.5, 0.6) is 6.01 Å². The molecule has 0 spiro atoms. The Morgan fingerprint density at radius 2 is 1.77 bits per heavy atom. The van der Waals surface area contributed by atoms with Gasteiger partial charge in [-0.2, -0.15) is 4.98 Å². The Hall–Kier alpha value is -3.71. The van der Waals surface area contributed by atoms with E-state index in [1.165, 1.54) is 10.7 Å². The quantitative estimate of drug-likeness (QED) is 0.440. The average Bonchev–Trinajstić information content (AvgIpc) is 3.19. The highest BCUT2D eigenvalue weighted by molar-refractivity contribution is 6.34. The van der Waals surface area contributed by atoms with Crippen LogP contribution in [0.15, 0.2) is 72.8 Å². The van der Waals surface area contributed by atoms with Gasteiger partial charge in [0, 0.05) is 5.69 Å². The third kappa shape index (κ3) is 4.41. The van der Waals surface area contributed by atoms with E-state index >= 15 is 0 Å². The number of carbonyl (C=O) groups is 1. The van der Waals surface area contributed by atoms with Crippen molar-refractivity contribution in [1.29, 1.82) is 0 Å². The van der Waals surface area contributed by atoms with Crippen LogP contribution in [-0.2, 0) is 0 Å². The van der Waals surface area contributed by atoms with Crippen LogP contribution in [0.25, 0.3) is 17.1 Å². The molecular weight excluding hydrogens is 419 g/mol. The summed E-state index contributed by atoms with van der Waals surface area (Å²) in [5.74, 6) is -0.415. The first-order chi connectivity index (χ1) is 15.1. The summed E-state index contributed by atoms with van der Waals surface area (Å²) < 4.78 is 21.3. The molecule has 3 aromatic carbocycles. The van der Waals surface area contributed by atoms with Crippen molar-refractivity contribution in [1.82, 2.24) is 14.8 Å². The zero-order valence-electron chi connectivity index (χ0n) is 16.5. The number of aromatic nitrogens is 3. The monoisotopic (exact) mass is 436 g/mol. The molecule has 1 aromatic heterocycles. The minimum atomic E-state index is -0.414. The molecule has 31 heavy (non-hydrogen) atoms. The van der Waals surface area contributed by atoms with Crippen molar-refractivity contribution in [3.8, 4) is 23.1 Å². The highest BCUT2D eigenvalue weighted by Gasteiger charge is 2.17. The number of anilines is 1. The van der Waals surface area contributed by atoms with Crippen molar-refractivity contribution < 1.29 is 13.9 Å². The van der Waals surface area contributed by atoms with Gasteiger partial charge >= 0.3 is 6.01 Å². The molecule has 6 nitrogen and oxygen atoms in total. The maximum atomic E-state index is 14.4. The van der Waals surface area contributed by atoms with Crippen LogP contribution < -0.4 is 10.1 Å². The summed E-state index contributed by atoms with van der Waals surface area (Å²) in [5, 5.41) is 7.53. The molecule has 0 aliphatic rings. The van der Waals surface area contributed by atoms with Crippen molar-refractivity contribution in [3.63, 3.8) is 0 Å². The molecule has 8 heteroatoms. The fourth-order valence-corrected chi connectivity index (χ4v) is 3.23. The summed E-state index contributed by atoms with van der Waals surface area (Å²) >= 11 is 6.09.